The van der Waals surface area contributed by atoms with Crippen LogP contribution in [0.4, 0.5) is 4.39 Å². The van der Waals surface area contributed by atoms with E-state index >= 15 is 0 Å². The molecular weight excluding hydrogens is 175 g/mol. The molecule has 0 saturated carbocycles. The van der Waals surface area contributed by atoms with Gasteiger partial charge < -0.3 is 0 Å². The second-order valence-corrected chi connectivity index (χ2v) is 4.17. The molecule has 0 heterocycles. The van der Waals surface area contributed by atoms with Gasteiger partial charge in [-0.25, -0.2) is 4.39 Å². The largest absolute Gasteiger partial charge is 0.239 e. The van der Waals surface area contributed by atoms with Gasteiger partial charge in [-0.15, -0.1) is 0 Å². The van der Waals surface area contributed by atoms with Crippen LogP contribution < -0.4 is 0 Å². The molecule has 1 heteroatoms. The molecule has 0 saturated heterocycles. The average Bonchev–Trinajstić information content (AvgIpc) is 2.15. The van der Waals surface area contributed by atoms with Crippen LogP contribution in [0.5, 0.6) is 0 Å². The summed E-state index contributed by atoms with van der Waals surface area (Å²) < 4.78 is 13.9. The van der Waals surface area contributed by atoms with E-state index in [0.717, 1.165) is 24.0 Å². The van der Waals surface area contributed by atoms with Gasteiger partial charge in [0.15, 0.2) is 0 Å². The van der Waals surface area contributed by atoms with Crippen LogP contribution in [0.2, 0.25) is 0 Å². The molecule has 0 aliphatic rings. The topological polar surface area (TPSA) is 0 Å². The van der Waals surface area contributed by atoms with Crippen molar-refractivity contribution >= 4 is 0 Å². The first-order valence-electron chi connectivity index (χ1n) is 5.30. The van der Waals surface area contributed by atoms with Crippen LogP contribution in [0.1, 0.15) is 44.4 Å². The number of rotatable bonds is 3. The molecule has 1 aromatic carbocycles. The predicted molar refractivity (Wildman–Crippen MR) is 59.3 cm³/mol. The highest BCUT2D eigenvalue weighted by molar-refractivity contribution is 5.35. The molecule has 78 valence electrons. The van der Waals surface area contributed by atoms with Crippen LogP contribution >= 0.6 is 0 Å². The summed E-state index contributed by atoms with van der Waals surface area (Å²) in [6, 6.07) is 6.14. The zero-order valence-corrected chi connectivity index (χ0v) is 9.52. The van der Waals surface area contributed by atoms with Gasteiger partial charge in [-0.1, -0.05) is 32.0 Å². The molecule has 0 nitrogen and oxygen atoms in total. The Balaban J connectivity index is 3.22. The number of alkyl halides is 1. The van der Waals surface area contributed by atoms with Crippen LogP contribution in [0, 0.1) is 0 Å². The van der Waals surface area contributed by atoms with Crippen molar-refractivity contribution in [2.75, 3.05) is 0 Å². The van der Waals surface area contributed by atoms with E-state index in [1.54, 1.807) is 13.8 Å². The maximum absolute atomic E-state index is 13.9. The Morgan fingerprint density at radius 2 is 1.79 bits per heavy atom. The number of halogens is 1. The van der Waals surface area contributed by atoms with E-state index < -0.39 is 5.67 Å². The summed E-state index contributed by atoms with van der Waals surface area (Å²) in [6.07, 6.45) is 1.86. The van der Waals surface area contributed by atoms with Crippen molar-refractivity contribution in [2.24, 2.45) is 0 Å². The van der Waals surface area contributed by atoms with Gasteiger partial charge in [0.25, 0.3) is 0 Å². The minimum absolute atomic E-state index is 0.847. The molecule has 0 atom stereocenters. The molecule has 0 bridgehead atoms. The highest BCUT2D eigenvalue weighted by Crippen LogP contribution is 2.29. The summed E-state index contributed by atoms with van der Waals surface area (Å²) in [5.41, 5.74) is 1.95. The van der Waals surface area contributed by atoms with Gasteiger partial charge in [0.1, 0.15) is 5.67 Å². The molecule has 0 spiro atoms. The fraction of sp³-hybridized carbons (Fsp3) is 0.538. The highest BCUT2D eigenvalue weighted by atomic mass is 19.1. The Hall–Kier alpha value is -0.850. The average molecular weight is 194 g/mol. The van der Waals surface area contributed by atoms with E-state index in [9.17, 15) is 4.39 Å². The molecule has 0 N–H and O–H groups in total. The van der Waals surface area contributed by atoms with Crippen molar-refractivity contribution in [3.63, 3.8) is 0 Å². The van der Waals surface area contributed by atoms with Crippen LogP contribution in [0.25, 0.3) is 0 Å². The first kappa shape index (κ1) is 11.2. The maximum atomic E-state index is 13.9. The molecular formula is C13H19F. The van der Waals surface area contributed by atoms with Crippen molar-refractivity contribution in [1.82, 2.24) is 0 Å². The smallest absolute Gasteiger partial charge is 0.130 e. The van der Waals surface area contributed by atoms with E-state index in [1.165, 1.54) is 5.56 Å². The lowest BCUT2D eigenvalue weighted by Gasteiger charge is -2.19. The number of hydrogen-bond donors (Lipinski definition) is 0. The Labute approximate surface area is 86.2 Å². The summed E-state index contributed by atoms with van der Waals surface area (Å²) in [5, 5.41) is 0. The molecule has 0 aliphatic carbocycles. The fourth-order valence-corrected chi connectivity index (χ4v) is 1.71. The van der Waals surface area contributed by atoms with Crippen molar-refractivity contribution in [3.05, 3.63) is 34.9 Å². The highest BCUT2D eigenvalue weighted by Gasteiger charge is 2.21. The van der Waals surface area contributed by atoms with Crippen LogP contribution in [0.3, 0.4) is 0 Å². The van der Waals surface area contributed by atoms with Crippen molar-refractivity contribution in [3.8, 4) is 0 Å². The third-order valence-corrected chi connectivity index (χ3v) is 2.60. The van der Waals surface area contributed by atoms with E-state index in [4.69, 9.17) is 0 Å². The molecule has 14 heavy (non-hydrogen) atoms. The summed E-state index contributed by atoms with van der Waals surface area (Å²) in [7, 11) is 0. The third kappa shape index (κ3) is 2.34. The first-order valence-corrected chi connectivity index (χ1v) is 5.30. The maximum Gasteiger partial charge on any atom is 0.130 e. The van der Waals surface area contributed by atoms with Crippen LogP contribution in [-0.2, 0) is 18.5 Å². The molecule has 1 rings (SSSR count). The Bertz CT molecular complexity index is 308. The molecule has 0 radical (unpaired) electrons. The lowest BCUT2D eigenvalue weighted by atomic mass is 9.91. The Morgan fingerprint density at radius 1 is 1.14 bits per heavy atom. The minimum atomic E-state index is -1.23. The van der Waals surface area contributed by atoms with E-state index in [2.05, 4.69) is 26.0 Å². The number of aryl methyl sites for hydroxylation is 2. The quantitative estimate of drug-likeness (QED) is 0.682. The summed E-state index contributed by atoms with van der Waals surface area (Å²) >= 11 is 0. The van der Waals surface area contributed by atoms with Crippen molar-refractivity contribution in [1.29, 1.82) is 0 Å². The molecule has 0 aliphatic heterocycles. The van der Waals surface area contributed by atoms with Gasteiger partial charge in [0.2, 0.25) is 0 Å². The van der Waals surface area contributed by atoms with E-state index in [0.29, 0.717) is 0 Å². The molecule has 0 aromatic heterocycles. The zero-order valence-electron chi connectivity index (χ0n) is 9.52. The first-order chi connectivity index (χ1) is 6.49. The monoisotopic (exact) mass is 194 g/mol. The molecule has 0 fully saturated rings. The predicted octanol–water partition coefficient (Wildman–Crippen LogP) is 4.02. The lowest BCUT2D eigenvalue weighted by Crippen LogP contribution is -2.12. The Kier molecular flexibility index (Phi) is 3.30. The van der Waals surface area contributed by atoms with E-state index in [1.807, 2.05) is 6.07 Å². The van der Waals surface area contributed by atoms with Crippen LogP contribution in [0.15, 0.2) is 18.2 Å². The molecule has 1 aromatic rings. The summed E-state index contributed by atoms with van der Waals surface area (Å²) in [6.45, 7) is 7.41. The number of benzene rings is 1. The van der Waals surface area contributed by atoms with Crippen LogP contribution in [-0.4, -0.2) is 0 Å². The molecule has 0 amide bonds. The number of hydrogen-bond acceptors (Lipinski definition) is 0. The van der Waals surface area contributed by atoms with Gasteiger partial charge in [-0.05, 0) is 43.4 Å². The minimum Gasteiger partial charge on any atom is -0.239 e. The van der Waals surface area contributed by atoms with E-state index in [-0.39, 0.29) is 0 Å². The van der Waals surface area contributed by atoms with Crippen molar-refractivity contribution in [2.45, 2.75) is 46.2 Å². The van der Waals surface area contributed by atoms with Gasteiger partial charge in [-0.3, -0.25) is 0 Å². The SMILES string of the molecule is CCc1ccc(CC)c(C(C)(C)F)c1. The lowest BCUT2D eigenvalue weighted by molar-refractivity contribution is 0.220. The zero-order chi connectivity index (χ0) is 10.8. The third-order valence-electron chi connectivity index (χ3n) is 2.60. The van der Waals surface area contributed by atoms with Crippen molar-refractivity contribution < 1.29 is 4.39 Å². The Morgan fingerprint density at radius 3 is 2.21 bits per heavy atom. The van der Waals surface area contributed by atoms with Gasteiger partial charge in [0.05, 0.1) is 0 Å². The second kappa shape index (κ2) is 4.12. The van der Waals surface area contributed by atoms with Gasteiger partial charge in [-0.2, -0.15) is 0 Å². The standard InChI is InChI=1S/C13H19F/c1-5-10-7-8-11(6-2)12(9-10)13(3,4)14/h7-9H,5-6H2,1-4H3. The summed E-state index contributed by atoms with van der Waals surface area (Å²) in [4.78, 5) is 0. The van der Waals surface area contributed by atoms with Gasteiger partial charge in [0, 0.05) is 0 Å². The second-order valence-electron chi connectivity index (χ2n) is 4.17. The summed E-state index contributed by atoms with van der Waals surface area (Å²) in [5.74, 6) is 0. The fourth-order valence-electron chi connectivity index (χ4n) is 1.71. The normalized spacial score (nSPS) is 11.8. The van der Waals surface area contributed by atoms with Gasteiger partial charge >= 0.3 is 0 Å². The molecule has 0 unspecified atom stereocenters.